The number of methoxy groups -OCH3 is 1. The first-order valence-corrected chi connectivity index (χ1v) is 7.80. The van der Waals surface area contributed by atoms with Crippen molar-refractivity contribution < 1.29 is 13.9 Å². The molecule has 0 atom stereocenters. The number of ketones is 1. The van der Waals surface area contributed by atoms with Gasteiger partial charge in [0, 0.05) is 11.8 Å². The van der Waals surface area contributed by atoms with Crippen molar-refractivity contribution in [3.63, 3.8) is 0 Å². The van der Waals surface area contributed by atoms with Gasteiger partial charge in [0.25, 0.3) is 11.1 Å². The summed E-state index contributed by atoms with van der Waals surface area (Å²) in [5, 5.41) is 8.19. The highest BCUT2D eigenvalue weighted by Crippen LogP contribution is 2.22. The lowest BCUT2D eigenvalue weighted by molar-refractivity contribution is 0.102. The smallest absolute Gasteiger partial charge is 0.277 e. The van der Waals surface area contributed by atoms with Gasteiger partial charge in [-0.05, 0) is 36.4 Å². The van der Waals surface area contributed by atoms with Gasteiger partial charge in [0.05, 0.1) is 12.9 Å². The van der Waals surface area contributed by atoms with E-state index in [0.717, 1.165) is 0 Å². The van der Waals surface area contributed by atoms with Crippen molar-refractivity contribution >= 4 is 17.5 Å². The van der Waals surface area contributed by atoms with E-state index in [1.165, 1.54) is 11.8 Å². The van der Waals surface area contributed by atoms with E-state index in [0.29, 0.717) is 28.1 Å². The van der Waals surface area contributed by atoms with Crippen molar-refractivity contribution in [2.75, 3.05) is 12.9 Å². The molecule has 0 fully saturated rings. The van der Waals surface area contributed by atoms with E-state index in [-0.39, 0.29) is 11.5 Å². The van der Waals surface area contributed by atoms with Crippen LogP contribution in [0.25, 0.3) is 11.6 Å². The van der Waals surface area contributed by atoms with E-state index in [9.17, 15) is 4.79 Å². The molecule has 23 heavy (non-hydrogen) atoms. The summed E-state index contributed by atoms with van der Waals surface area (Å²) in [7, 11) is 1.58. The summed E-state index contributed by atoms with van der Waals surface area (Å²) in [5.74, 6) is 1.25. The fourth-order valence-electron chi connectivity index (χ4n) is 1.85. The van der Waals surface area contributed by atoms with Gasteiger partial charge in [-0.15, -0.1) is 10.2 Å². The number of nitrogens with zero attached hydrogens (tertiary/aromatic N) is 3. The Bertz CT molecular complexity index is 788. The van der Waals surface area contributed by atoms with Gasteiger partial charge in [0.2, 0.25) is 0 Å². The normalized spacial score (nSPS) is 10.5. The Labute approximate surface area is 136 Å². The molecule has 2 heterocycles. The van der Waals surface area contributed by atoms with Gasteiger partial charge in [-0.1, -0.05) is 17.8 Å². The lowest BCUT2D eigenvalue weighted by Gasteiger charge is -2.01. The second-order valence-corrected chi connectivity index (χ2v) is 5.46. The van der Waals surface area contributed by atoms with Crippen LogP contribution < -0.4 is 4.74 Å². The molecular formula is C16H13N3O3S. The third-order valence-electron chi connectivity index (χ3n) is 3.03. The van der Waals surface area contributed by atoms with Crippen molar-refractivity contribution in [2.24, 2.45) is 0 Å². The zero-order chi connectivity index (χ0) is 16.1. The first-order valence-electron chi connectivity index (χ1n) is 6.81. The average molecular weight is 327 g/mol. The number of rotatable bonds is 6. The number of benzene rings is 1. The Morgan fingerprint density at radius 3 is 2.70 bits per heavy atom. The summed E-state index contributed by atoms with van der Waals surface area (Å²) in [6, 6.07) is 12.4. The number of thioether (sulfide) groups is 1. The van der Waals surface area contributed by atoms with Crippen LogP contribution in [0.4, 0.5) is 0 Å². The van der Waals surface area contributed by atoms with E-state index in [1.54, 1.807) is 43.6 Å². The maximum atomic E-state index is 12.1. The van der Waals surface area contributed by atoms with Crippen LogP contribution in [0.3, 0.4) is 0 Å². The molecule has 7 heteroatoms. The summed E-state index contributed by atoms with van der Waals surface area (Å²) < 4.78 is 10.6. The Morgan fingerprint density at radius 2 is 2.00 bits per heavy atom. The monoisotopic (exact) mass is 327 g/mol. The molecule has 0 spiro atoms. The minimum atomic E-state index is -0.0183. The highest BCUT2D eigenvalue weighted by molar-refractivity contribution is 7.99. The van der Waals surface area contributed by atoms with Crippen molar-refractivity contribution in [1.29, 1.82) is 0 Å². The largest absolute Gasteiger partial charge is 0.497 e. The Kier molecular flexibility index (Phi) is 4.68. The minimum absolute atomic E-state index is 0.0183. The summed E-state index contributed by atoms with van der Waals surface area (Å²) in [6.07, 6.45) is 1.65. The number of carbonyl (C=O) groups excluding carboxylic acids is 1. The molecule has 1 aromatic carbocycles. The summed E-state index contributed by atoms with van der Waals surface area (Å²) in [5.41, 5.74) is 1.22. The van der Waals surface area contributed by atoms with Gasteiger partial charge < -0.3 is 9.15 Å². The lowest BCUT2D eigenvalue weighted by atomic mass is 10.1. The van der Waals surface area contributed by atoms with Crippen LogP contribution >= 0.6 is 11.8 Å². The zero-order valence-electron chi connectivity index (χ0n) is 12.3. The molecule has 3 aromatic rings. The molecule has 0 bridgehead atoms. The van der Waals surface area contributed by atoms with Crippen molar-refractivity contribution in [2.45, 2.75) is 5.22 Å². The highest BCUT2D eigenvalue weighted by Gasteiger charge is 2.13. The predicted octanol–water partition coefficient (Wildman–Crippen LogP) is 3.12. The summed E-state index contributed by atoms with van der Waals surface area (Å²) in [6.45, 7) is 0. The van der Waals surface area contributed by atoms with Gasteiger partial charge in [-0.3, -0.25) is 9.78 Å². The summed E-state index contributed by atoms with van der Waals surface area (Å²) >= 11 is 1.20. The maximum Gasteiger partial charge on any atom is 0.277 e. The first kappa shape index (κ1) is 15.2. The third-order valence-corrected chi connectivity index (χ3v) is 3.85. The number of ether oxygens (including phenoxy) is 1. The van der Waals surface area contributed by atoms with Crippen LogP contribution in [0.1, 0.15) is 10.4 Å². The van der Waals surface area contributed by atoms with Crippen LogP contribution in [0.15, 0.2) is 58.3 Å². The average Bonchev–Trinajstić information content (AvgIpc) is 3.09. The number of hydrogen-bond acceptors (Lipinski definition) is 7. The molecule has 0 N–H and O–H groups in total. The van der Waals surface area contributed by atoms with Crippen LogP contribution in [-0.4, -0.2) is 33.8 Å². The molecule has 0 saturated carbocycles. The minimum Gasteiger partial charge on any atom is -0.497 e. The molecule has 3 rings (SSSR count). The first-order chi connectivity index (χ1) is 11.3. The second kappa shape index (κ2) is 7.06. The molecule has 0 aliphatic heterocycles. The molecule has 0 saturated heterocycles. The van der Waals surface area contributed by atoms with Crippen LogP contribution in [0, 0.1) is 0 Å². The van der Waals surface area contributed by atoms with Gasteiger partial charge in [-0.25, -0.2) is 0 Å². The van der Waals surface area contributed by atoms with E-state index < -0.39 is 0 Å². The van der Waals surface area contributed by atoms with Crippen molar-refractivity contribution in [3.8, 4) is 17.3 Å². The fourth-order valence-corrected chi connectivity index (χ4v) is 2.51. The SMILES string of the molecule is COc1ccc(C(=O)CSc2nnc(-c3ccccn3)o2)cc1. The Hall–Kier alpha value is -2.67. The number of aromatic nitrogens is 3. The van der Waals surface area contributed by atoms with Crippen molar-refractivity contribution in [3.05, 3.63) is 54.2 Å². The number of Topliss-reactive ketones (excluding diaryl/α,β-unsaturated/α-hetero) is 1. The maximum absolute atomic E-state index is 12.1. The quantitative estimate of drug-likeness (QED) is 0.508. The topological polar surface area (TPSA) is 78.1 Å². The van der Waals surface area contributed by atoms with Crippen molar-refractivity contribution in [1.82, 2.24) is 15.2 Å². The van der Waals surface area contributed by atoms with Crippen LogP contribution in [0.5, 0.6) is 5.75 Å². The molecule has 0 radical (unpaired) electrons. The number of hydrogen-bond donors (Lipinski definition) is 0. The molecule has 2 aromatic heterocycles. The summed E-state index contributed by atoms with van der Waals surface area (Å²) in [4.78, 5) is 16.3. The lowest BCUT2D eigenvalue weighted by Crippen LogP contribution is -2.02. The van der Waals surface area contributed by atoms with Crippen LogP contribution in [0.2, 0.25) is 0 Å². The predicted molar refractivity (Wildman–Crippen MR) is 85.6 cm³/mol. The van der Waals surface area contributed by atoms with Gasteiger partial charge in [0.15, 0.2) is 5.78 Å². The molecule has 0 aliphatic carbocycles. The molecule has 116 valence electrons. The van der Waals surface area contributed by atoms with E-state index in [2.05, 4.69) is 15.2 Å². The molecule has 6 nitrogen and oxygen atoms in total. The standard InChI is InChI=1S/C16H13N3O3S/c1-21-12-7-5-11(6-8-12)14(20)10-23-16-19-18-15(22-16)13-4-2-3-9-17-13/h2-9H,10H2,1H3. The molecule has 0 unspecified atom stereocenters. The van der Waals surface area contributed by atoms with E-state index in [1.807, 2.05) is 12.1 Å². The number of pyridine rings is 1. The van der Waals surface area contributed by atoms with E-state index >= 15 is 0 Å². The zero-order valence-corrected chi connectivity index (χ0v) is 13.1. The van der Waals surface area contributed by atoms with Crippen LogP contribution in [-0.2, 0) is 0 Å². The second-order valence-electron chi connectivity index (χ2n) is 4.53. The third kappa shape index (κ3) is 3.75. The Morgan fingerprint density at radius 1 is 1.17 bits per heavy atom. The fraction of sp³-hybridized carbons (Fsp3) is 0.125. The Balaban J connectivity index is 1.62. The molecule has 0 amide bonds. The molecule has 0 aliphatic rings. The van der Waals surface area contributed by atoms with Gasteiger partial charge >= 0.3 is 0 Å². The number of carbonyl (C=O) groups is 1. The van der Waals surface area contributed by atoms with Gasteiger partial charge in [0.1, 0.15) is 11.4 Å². The van der Waals surface area contributed by atoms with Gasteiger partial charge in [-0.2, -0.15) is 0 Å². The highest BCUT2D eigenvalue weighted by atomic mass is 32.2. The van der Waals surface area contributed by atoms with E-state index in [4.69, 9.17) is 9.15 Å². The molecular weight excluding hydrogens is 314 g/mol.